The Morgan fingerprint density at radius 1 is 1.09 bits per heavy atom. The average Bonchev–Trinajstić information content (AvgIpc) is 3.26. The van der Waals surface area contributed by atoms with Gasteiger partial charge in [-0.1, -0.05) is 25.1 Å². The number of benzene rings is 1. The van der Waals surface area contributed by atoms with Crippen LogP contribution in [-0.4, -0.2) is 66.6 Å². The molecule has 1 aliphatic heterocycles. The SMILES string of the molecule is CCNC(=NCc1ccnc(N2CCN(CC)CC2)c1)NCCc1c[nH]c2ccccc12.I. The van der Waals surface area contributed by atoms with Gasteiger partial charge >= 0.3 is 0 Å². The van der Waals surface area contributed by atoms with Gasteiger partial charge < -0.3 is 25.4 Å². The number of H-pyrrole nitrogens is 1. The van der Waals surface area contributed by atoms with Crippen LogP contribution in [0.2, 0.25) is 0 Å². The Morgan fingerprint density at radius 3 is 2.70 bits per heavy atom. The van der Waals surface area contributed by atoms with E-state index in [4.69, 9.17) is 4.99 Å². The summed E-state index contributed by atoms with van der Waals surface area (Å²) in [5.41, 5.74) is 3.69. The van der Waals surface area contributed by atoms with Gasteiger partial charge in [-0.05, 0) is 49.2 Å². The van der Waals surface area contributed by atoms with E-state index in [1.54, 1.807) is 0 Å². The van der Waals surface area contributed by atoms with Crippen LogP contribution in [0.25, 0.3) is 10.9 Å². The van der Waals surface area contributed by atoms with Crippen LogP contribution < -0.4 is 15.5 Å². The lowest BCUT2D eigenvalue weighted by atomic mass is 10.1. The number of likely N-dealkylation sites (N-methyl/N-ethyl adjacent to an activating group) is 1. The van der Waals surface area contributed by atoms with Crippen LogP contribution in [-0.2, 0) is 13.0 Å². The number of aromatic amines is 1. The number of anilines is 1. The molecule has 0 bridgehead atoms. The standard InChI is InChI=1S/C25H35N7.HI/c1-3-26-25(28-12-10-21-19-29-23-8-6-5-7-22(21)23)30-18-20-9-11-27-24(17-20)32-15-13-31(4-2)14-16-32;/h5-9,11,17,19,29H,3-4,10,12-16,18H2,1-2H3,(H2,26,28,30);1H. The first-order valence-corrected chi connectivity index (χ1v) is 11.8. The third-order valence-corrected chi connectivity index (χ3v) is 6.08. The molecule has 33 heavy (non-hydrogen) atoms. The molecule has 0 saturated carbocycles. The van der Waals surface area contributed by atoms with Crippen LogP contribution in [0.1, 0.15) is 25.0 Å². The lowest BCUT2D eigenvalue weighted by molar-refractivity contribution is 0.270. The first-order chi connectivity index (χ1) is 15.8. The molecule has 3 N–H and O–H groups in total. The maximum atomic E-state index is 4.81. The number of aromatic nitrogens is 2. The predicted molar refractivity (Wildman–Crippen MR) is 149 cm³/mol. The second kappa shape index (κ2) is 12.8. The Morgan fingerprint density at radius 2 is 1.91 bits per heavy atom. The number of nitrogens with one attached hydrogen (secondary N) is 3. The Hall–Kier alpha value is -2.33. The number of halogens is 1. The van der Waals surface area contributed by atoms with Gasteiger partial charge in [0.05, 0.1) is 6.54 Å². The van der Waals surface area contributed by atoms with Gasteiger partial charge in [0.1, 0.15) is 5.82 Å². The van der Waals surface area contributed by atoms with E-state index in [2.05, 4.69) is 86.8 Å². The summed E-state index contributed by atoms with van der Waals surface area (Å²) < 4.78 is 0. The molecule has 0 atom stereocenters. The van der Waals surface area contributed by atoms with Gasteiger partial charge in [-0.2, -0.15) is 0 Å². The number of aliphatic imine (C=N–C) groups is 1. The van der Waals surface area contributed by atoms with Crippen LogP contribution >= 0.6 is 24.0 Å². The van der Waals surface area contributed by atoms with Crippen molar-refractivity contribution < 1.29 is 0 Å². The van der Waals surface area contributed by atoms with Crippen LogP contribution in [0.4, 0.5) is 5.82 Å². The Kier molecular flexibility index (Phi) is 9.80. The zero-order valence-corrected chi connectivity index (χ0v) is 22.0. The second-order valence-corrected chi connectivity index (χ2v) is 8.18. The molecule has 1 aliphatic rings. The molecule has 0 spiro atoms. The number of guanidine groups is 1. The lowest BCUT2D eigenvalue weighted by Crippen LogP contribution is -2.46. The summed E-state index contributed by atoms with van der Waals surface area (Å²) in [6.45, 7) is 12.0. The molecule has 0 aliphatic carbocycles. The topological polar surface area (TPSA) is 71.6 Å². The third-order valence-electron chi connectivity index (χ3n) is 6.08. The highest BCUT2D eigenvalue weighted by molar-refractivity contribution is 14.0. The van der Waals surface area contributed by atoms with Crippen molar-refractivity contribution >= 4 is 46.7 Å². The number of fused-ring (bicyclic) bond motifs is 1. The molecule has 3 heterocycles. The Balaban J connectivity index is 0.00000306. The molecule has 2 aromatic heterocycles. The number of hydrogen-bond acceptors (Lipinski definition) is 4. The van der Waals surface area contributed by atoms with Crippen LogP contribution in [0.15, 0.2) is 53.8 Å². The maximum Gasteiger partial charge on any atom is 0.191 e. The van der Waals surface area contributed by atoms with E-state index in [0.29, 0.717) is 6.54 Å². The van der Waals surface area contributed by atoms with Crippen LogP contribution in [0.5, 0.6) is 0 Å². The molecule has 1 aromatic carbocycles. The van der Waals surface area contributed by atoms with E-state index >= 15 is 0 Å². The summed E-state index contributed by atoms with van der Waals surface area (Å²) in [4.78, 5) is 17.6. The maximum absolute atomic E-state index is 4.81. The zero-order valence-electron chi connectivity index (χ0n) is 19.7. The van der Waals surface area contributed by atoms with Crippen molar-refractivity contribution in [2.24, 2.45) is 4.99 Å². The molecule has 3 aromatic rings. The van der Waals surface area contributed by atoms with Gasteiger partial charge in [0.2, 0.25) is 0 Å². The van der Waals surface area contributed by atoms with Gasteiger partial charge in [-0.15, -0.1) is 24.0 Å². The third kappa shape index (κ3) is 6.83. The first-order valence-electron chi connectivity index (χ1n) is 11.8. The summed E-state index contributed by atoms with van der Waals surface area (Å²) in [5, 5.41) is 8.13. The summed E-state index contributed by atoms with van der Waals surface area (Å²) in [6.07, 6.45) is 4.95. The fourth-order valence-electron chi connectivity index (χ4n) is 4.19. The van der Waals surface area contributed by atoms with Crippen LogP contribution in [0.3, 0.4) is 0 Å². The number of nitrogens with zero attached hydrogens (tertiary/aromatic N) is 4. The highest BCUT2D eigenvalue weighted by atomic mass is 127. The molecular weight excluding hydrogens is 525 g/mol. The number of piperazine rings is 1. The van der Waals surface area contributed by atoms with Crippen molar-refractivity contribution in [1.29, 1.82) is 0 Å². The first kappa shape index (κ1) is 25.3. The molecule has 0 radical (unpaired) electrons. The monoisotopic (exact) mass is 561 g/mol. The molecule has 1 fully saturated rings. The van der Waals surface area contributed by atoms with E-state index < -0.39 is 0 Å². The summed E-state index contributed by atoms with van der Waals surface area (Å²) in [6, 6.07) is 12.7. The van der Waals surface area contributed by atoms with E-state index in [1.165, 1.54) is 22.0 Å². The fourth-order valence-corrected chi connectivity index (χ4v) is 4.19. The van der Waals surface area contributed by atoms with Gasteiger partial charge in [0.15, 0.2) is 5.96 Å². The summed E-state index contributed by atoms with van der Waals surface area (Å²) >= 11 is 0. The normalized spacial score (nSPS) is 14.8. The van der Waals surface area contributed by atoms with Crippen molar-refractivity contribution in [2.75, 3.05) is 50.7 Å². The van der Waals surface area contributed by atoms with Gasteiger partial charge in [-0.3, -0.25) is 0 Å². The zero-order chi connectivity index (χ0) is 22.2. The highest BCUT2D eigenvalue weighted by Gasteiger charge is 2.16. The van der Waals surface area contributed by atoms with Crippen LogP contribution in [0, 0.1) is 0 Å². The minimum atomic E-state index is 0. The molecule has 8 heteroatoms. The molecular formula is C25H36IN7. The number of para-hydroxylation sites is 1. The van der Waals surface area contributed by atoms with E-state index in [1.807, 2.05) is 6.20 Å². The van der Waals surface area contributed by atoms with Crippen molar-refractivity contribution in [1.82, 2.24) is 25.5 Å². The summed E-state index contributed by atoms with van der Waals surface area (Å²) in [5.74, 6) is 1.91. The molecule has 178 valence electrons. The fraction of sp³-hybridized carbons (Fsp3) is 0.440. The van der Waals surface area contributed by atoms with Gasteiger partial charge in [0.25, 0.3) is 0 Å². The van der Waals surface area contributed by atoms with Crippen molar-refractivity contribution in [2.45, 2.75) is 26.8 Å². The van der Waals surface area contributed by atoms with Crippen molar-refractivity contribution in [3.8, 4) is 0 Å². The Labute approximate surface area is 214 Å². The van der Waals surface area contributed by atoms with Gasteiger partial charge in [0, 0.05) is 62.6 Å². The smallest absolute Gasteiger partial charge is 0.191 e. The van der Waals surface area contributed by atoms with Gasteiger partial charge in [-0.25, -0.2) is 9.98 Å². The summed E-state index contributed by atoms with van der Waals surface area (Å²) in [7, 11) is 0. The number of rotatable bonds is 8. The molecule has 0 amide bonds. The number of pyridine rings is 1. The molecule has 1 saturated heterocycles. The number of hydrogen-bond donors (Lipinski definition) is 3. The van der Waals surface area contributed by atoms with E-state index in [0.717, 1.165) is 64.0 Å². The van der Waals surface area contributed by atoms with E-state index in [-0.39, 0.29) is 24.0 Å². The molecule has 4 rings (SSSR count). The van der Waals surface area contributed by atoms with Crippen molar-refractivity contribution in [3.05, 3.63) is 59.9 Å². The average molecular weight is 562 g/mol. The molecule has 0 unspecified atom stereocenters. The second-order valence-electron chi connectivity index (χ2n) is 8.18. The largest absolute Gasteiger partial charge is 0.361 e. The quantitative estimate of drug-likeness (QED) is 0.223. The highest BCUT2D eigenvalue weighted by Crippen LogP contribution is 2.18. The minimum absolute atomic E-state index is 0. The van der Waals surface area contributed by atoms with E-state index in [9.17, 15) is 0 Å². The minimum Gasteiger partial charge on any atom is -0.361 e. The Bertz CT molecular complexity index is 1020. The van der Waals surface area contributed by atoms with Crippen molar-refractivity contribution in [3.63, 3.8) is 0 Å². The predicted octanol–water partition coefficient (Wildman–Crippen LogP) is 3.62. The molecule has 7 nitrogen and oxygen atoms in total. The lowest BCUT2D eigenvalue weighted by Gasteiger charge is -2.34.